The first kappa shape index (κ1) is 27.1. The number of halogens is 1. The molecule has 4 rings (SSSR count). The lowest BCUT2D eigenvalue weighted by Crippen LogP contribution is -2.27. The topological polar surface area (TPSA) is 59.9 Å². The van der Waals surface area contributed by atoms with Gasteiger partial charge in [-0.1, -0.05) is 51.6 Å². The van der Waals surface area contributed by atoms with Gasteiger partial charge in [0, 0.05) is 16.8 Å². The van der Waals surface area contributed by atoms with Crippen LogP contribution in [-0.4, -0.2) is 25.8 Å². The Bertz CT molecular complexity index is 1310. The second kappa shape index (κ2) is 11.7. The number of carbonyl (C=O) groups is 1. The van der Waals surface area contributed by atoms with Gasteiger partial charge in [-0.25, -0.2) is 4.99 Å². The maximum atomic E-state index is 13.5. The molecule has 2 aromatic carbocycles. The molecule has 5 nitrogen and oxygen atoms in total. The summed E-state index contributed by atoms with van der Waals surface area (Å²) in [5.74, 6) is 1.67. The van der Waals surface area contributed by atoms with E-state index < -0.39 is 0 Å². The zero-order valence-corrected chi connectivity index (χ0v) is 24.2. The number of amides is 1. The molecule has 0 bridgehead atoms. The first-order valence-corrected chi connectivity index (χ1v) is 14.0. The number of benzene rings is 2. The van der Waals surface area contributed by atoms with Crippen LogP contribution in [0.3, 0.4) is 0 Å². The van der Waals surface area contributed by atoms with E-state index in [1.165, 1.54) is 4.88 Å². The van der Waals surface area contributed by atoms with Crippen molar-refractivity contribution in [2.45, 2.75) is 40.0 Å². The summed E-state index contributed by atoms with van der Waals surface area (Å²) in [6.45, 7) is 11.0. The highest BCUT2D eigenvalue weighted by atomic mass is 79.9. The van der Waals surface area contributed by atoms with Crippen LogP contribution in [0.15, 0.2) is 64.6 Å². The molecule has 0 saturated carbocycles. The van der Waals surface area contributed by atoms with Crippen molar-refractivity contribution >= 4 is 50.1 Å². The van der Waals surface area contributed by atoms with E-state index >= 15 is 0 Å². The number of rotatable bonds is 8. The molecular weight excluding hydrogens is 548 g/mol. The Morgan fingerprint density at radius 3 is 2.70 bits per heavy atom. The number of thiophene rings is 1. The van der Waals surface area contributed by atoms with E-state index in [9.17, 15) is 4.79 Å². The van der Waals surface area contributed by atoms with Gasteiger partial charge in [0.2, 0.25) is 0 Å². The van der Waals surface area contributed by atoms with Crippen LogP contribution in [0.1, 0.15) is 53.6 Å². The molecule has 1 atom stereocenters. The van der Waals surface area contributed by atoms with Gasteiger partial charge in [0.15, 0.2) is 11.5 Å². The molecule has 0 fully saturated rings. The van der Waals surface area contributed by atoms with Crippen molar-refractivity contribution in [2.24, 2.45) is 16.3 Å². The standard InChI is InChI=1S/C30H33BrN2O3S/c1-6-14-36-27-23(31)15-19(16-24(27)35-5)18-32-29-26(28(34)33-21-10-8-7-9-11-21)22-13-12-20(30(2,3)4)17-25(22)37-29/h6-11,15-16,18,20H,1,12-14,17H2,2-5H3,(H,33,34)/t20-/m1/s1. The minimum absolute atomic E-state index is 0.114. The van der Waals surface area contributed by atoms with Crippen molar-refractivity contribution in [3.63, 3.8) is 0 Å². The van der Waals surface area contributed by atoms with E-state index in [-0.39, 0.29) is 11.3 Å². The Kier molecular flexibility index (Phi) is 8.55. The summed E-state index contributed by atoms with van der Waals surface area (Å²) in [7, 11) is 1.61. The van der Waals surface area contributed by atoms with Gasteiger partial charge in [0.25, 0.3) is 5.91 Å². The van der Waals surface area contributed by atoms with Crippen LogP contribution in [0.5, 0.6) is 11.5 Å². The summed E-state index contributed by atoms with van der Waals surface area (Å²) in [6, 6.07) is 13.4. The predicted octanol–water partition coefficient (Wildman–Crippen LogP) is 8.24. The summed E-state index contributed by atoms with van der Waals surface area (Å²) in [5.41, 5.74) is 3.65. The summed E-state index contributed by atoms with van der Waals surface area (Å²) in [5, 5.41) is 3.80. The van der Waals surface area contributed by atoms with Crippen LogP contribution >= 0.6 is 27.3 Å². The van der Waals surface area contributed by atoms with Crippen LogP contribution in [-0.2, 0) is 12.8 Å². The van der Waals surface area contributed by atoms with Crippen molar-refractivity contribution in [2.75, 3.05) is 19.0 Å². The van der Waals surface area contributed by atoms with Crippen LogP contribution in [0, 0.1) is 11.3 Å². The number of hydrogen-bond acceptors (Lipinski definition) is 5. The average Bonchev–Trinajstić information content (AvgIpc) is 3.24. The Morgan fingerprint density at radius 1 is 1.27 bits per heavy atom. The number of ether oxygens (including phenoxy) is 2. The summed E-state index contributed by atoms with van der Waals surface area (Å²) < 4.78 is 12.0. The fourth-order valence-electron chi connectivity index (χ4n) is 4.58. The lowest BCUT2D eigenvalue weighted by atomic mass is 9.72. The molecule has 0 unspecified atom stereocenters. The zero-order valence-electron chi connectivity index (χ0n) is 21.8. The van der Waals surface area contributed by atoms with Crippen LogP contribution in [0.25, 0.3) is 0 Å². The van der Waals surface area contributed by atoms with Gasteiger partial charge in [0.05, 0.1) is 17.1 Å². The number of fused-ring (bicyclic) bond motifs is 1. The third kappa shape index (κ3) is 6.33. The van der Waals surface area contributed by atoms with E-state index in [1.807, 2.05) is 42.5 Å². The molecule has 0 spiro atoms. The minimum Gasteiger partial charge on any atom is -0.493 e. The molecule has 7 heteroatoms. The number of methoxy groups -OCH3 is 1. The van der Waals surface area contributed by atoms with Crippen molar-refractivity contribution in [3.05, 3.63) is 81.2 Å². The smallest absolute Gasteiger partial charge is 0.259 e. The molecule has 37 heavy (non-hydrogen) atoms. The molecule has 1 N–H and O–H groups in total. The molecule has 1 aliphatic rings. The molecular formula is C30H33BrN2O3S. The van der Waals surface area contributed by atoms with Crippen molar-refractivity contribution in [1.82, 2.24) is 0 Å². The van der Waals surface area contributed by atoms with Gasteiger partial charge in [-0.15, -0.1) is 11.3 Å². The second-order valence-corrected chi connectivity index (χ2v) is 12.1. The zero-order chi connectivity index (χ0) is 26.6. The number of carbonyl (C=O) groups excluding carboxylic acids is 1. The van der Waals surface area contributed by atoms with Gasteiger partial charge in [-0.3, -0.25) is 4.79 Å². The Balaban J connectivity index is 1.70. The number of nitrogens with one attached hydrogen (secondary N) is 1. The number of hydrogen-bond donors (Lipinski definition) is 1. The van der Waals surface area contributed by atoms with E-state index in [0.29, 0.717) is 29.6 Å². The lowest BCUT2D eigenvalue weighted by molar-refractivity contribution is 0.102. The highest BCUT2D eigenvalue weighted by molar-refractivity contribution is 9.10. The van der Waals surface area contributed by atoms with Gasteiger partial charge >= 0.3 is 0 Å². The molecule has 1 aliphatic carbocycles. The highest BCUT2D eigenvalue weighted by Crippen LogP contribution is 2.45. The first-order valence-electron chi connectivity index (χ1n) is 12.4. The van der Waals surface area contributed by atoms with Crippen LogP contribution in [0.2, 0.25) is 0 Å². The molecule has 1 heterocycles. The van der Waals surface area contributed by atoms with Crippen LogP contribution < -0.4 is 14.8 Å². The molecule has 194 valence electrons. The fraction of sp³-hybridized carbons (Fsp3) is 0.333. The monoisotopic (exact) mass is 580 g/mol. The lowest BCUT2D eigenvalue weighted by Gasteiger charge is -2.33. The number of aliphatic imine (C=N–C) groups is 1. The van der Waals surface area contributed by atoms with Crippen LogP contribution in [0.4, 0.5) is 10.7 Å². The molecule has 1 aromatic heterocycles. The SMILES string of the molecule is C=CCOc1c(Br)cc(C=Nc2sc3c(c2C(=O)Nc2ccccc2)CC[C@@H](C(C)(C)C)C3)cc1OC. The minimum atomic E-state index is -0.114. The largest absolute Gasteiger partial charge is 0.493 e. The van der Waals surface area contributed by atoms with E-state index in [2.05, 4.69) is 48.6 Å². The predicted molar refractivity (Wildman–Crippen MR) is 157 cm³/mol. The maximum absolute atomic E-state index is 13.5. The molecule has 0 radical (unpaired) electrons. The number of anilines is 1. The fourth-order valence-corrected chi connectivity index (χ4v) is 6.42. The van der Waals surface area contributed by atoms with Crippen molar-refractivity contribution in [1.29, 1.82) is 0 Å². The average molecular weight is 582 g/mol. The Hall–Kier alpha value is -2.90. The Morgan fingerprint density at radius 2 is 2.03 bits per heavy atom. The van der Waals surface area contributed by atoms with E-state index in [1.54, 1.807) is 30.7 Å². The second-order valence-electron chi connectivity index (χ2n) is 10.2. The summed E-state index contributed by atoms with van der Waals surface area (Å²) in [6.07, 6.45) is 6.39. The van der Waals surface area contributed by atoms with Gasteiger partial charge in [-0.05, 0) is 81.9 Å². The molecule has 0 saturated heterocycles. The molecule has 1 amide bonds. The first-order chi connectivity index (χ1) is 17.7. The normalized spacial score (nSPS) is 15.3. The third-order valence-corrected chi connectivity index (χ3v) is 8.41. The molecule has 0 aliphatic heterocycles. The highest BCUT2D eigenvalue weighted by Gasteiger charge is 2.33. The maximum Gasteiger partial charge on any atom is 0.259 e. The Labute approximate surface area is 231 Å². The van der Waals surface area contributed by atoms with Gasteiger partial charge in [0.1, 0.15) is 11.6 Å². The number of nitrogens with zero attached hydrogens (tertiary/aromatic N) is 1. The van der Waals surface area contributed by atoms with Gasteiger partial charge in [-0.2, -0.15) is 0 Å². The molecule has 3 aromatic rings. The third-order valence-electron chi connectivity index (χ3n) is 6.66. The number of para-hydroxylation sites is 1. The summed E-state index contributed by atoms with van der Waals surface area (Å²) >= 11 is 5.21. The van der Waals surface area contributed by atoms with Crippen molar-refractivity contribution in [3.8, 4) is 11.5 Å². The van der Waals surface area contributed by atoms with Gasteiger partial charge < -0.3 is 14.8 Å². The van der Waals surface area contributed by atoms with E-state index in [4.69, 9.17) is 14.5 Å². The van der Waals surface area contributed by atoms with E-state index in [0.717, 1.165) is 45.6 Å². The van der Waals surface area contributed by atoms with Crippen molar-refractivity contribution < 1.29 is 14.3 Å². The summed E-state index contributed by atoms with van der Waals surface area (Å²) in [4.78, 5) is 19.6. The quantitative estimate of drug-likeness (QED) is 0.215.